The molecular formula is C14H12ClF. The molecule has 2 aromatic carbocycles. The average Bonchev–Trinajstić information content (AvgIpc) is 2.32. The minimum atomic E-state index is -0.295. The second-order valence-corrected chi connectivity index (χ2v) is 4.21. The first-order chi connectivity index (χ1) is 7.68. The Balaban J connectivity index is 2.41. The zero-order valence-corrected chi connectivity index (χ0v) is 9.71. The molecule has 16 heavy (non-hydrogen) atoms. The molecule has 0 aliphatic carbocycles. The molecule has 0 saturated carbocycles. The Kier molecular flexibility index (Phi) is 3.25. The Morgan fingerprint density at radius 3 is 2.44 bits per heavy atom. The van der Waals surface area contributed by atoms with E-state index in [0.717, 1.165) is 16.7 Å². The van der Waals surface area contributed by atoms with E-state index < -0.39 is 0 Å². The molecule has 1 atom stereocenters. The van der Waals surface area contributed by atoms with Crippen molar-refractivity contribution < 1.29 is 4.39 Å². The minimum Gasteiger partial charge on any atom is -0.207 e. The first-order valence-electron chi connectivity index (χ1n) is 5.13. The third-order valence-electron chi connectivity index (χ3n) is 2.61. The summed E-state index contributed by atoms with van der Waals surface area (Å²) in [7, 11) is 0. The fourth-order valence-corrected chi connectivity index (χ4v) is 2.07. The van der Waals surface area contributed by atoms with Crippen LogP contribution in [0, 0.1) is 12.7 Å². The molecule has 1 unspecified atom stereocenters. The molecule has 0 amide bonds. The molecule has 0 aliphatic rings. The number of halogens is 2. The van der Waals surface area contributed by atoms with Gasteiger partial charge in [-0.1, -0.05) is 36.4 Å². The first-order valence-corrected chi connectivity index (χ1v) is 5.57. The molecule has 2 heteroatoms. The molecule has 0 N–H and O–H groups in total. The summed E-state index contributed by atoms with van der Waals surface area (Å²) < 4.78 is 13.2. The summed E-state index contributed by atoms with van der Waals surface area (Å²) in [5, 5.41) is -0.295. The number of benzene rings is 2. The van der Waals surface area contributed by atoms with Gasteiger partial charge in [-0.2, -0.15) is 0 Å². The largest absolute Gasteiger partial charge is 0.207 e. The lowest BCUT2D eigenvalue weighted by molar-refractivity contribution is 0.625. The van der Waals surface area contributed by atoms with E-state index >= 15 is 0 Å². The molecule has 0 aromatic heterocycles. The Hall–Kier alpha value is -1.34. The van der Waals surface area contributed by atoms with Crippen LogP contribution in [0.3, 0.4) is 0 Å². The van der Waals surface area contributed by atoms with Crippen molar-refractivity contribution >= 4 is 11.6 Å². The second-order valence-electron chi connectivity index (χ2n) is 3.77. The van der Waals surface area contributed by atoms with Crippen molar-refractivity contribution in [1.29, 1.82) is 0 Å². The van der Waals surface area contributed by atoms with Gasteiger partial charge < -0.3 is 0 Å². The highest BCUT2D eigenvalue weighted by Gasteiger charge is 2.13. The number of hydrogen-bond acceptors (Lipinski definition) is 0. The van der Waals surface area contributed by atoms with E-state index in [1.54, 1.807) is 6.07 Å². The van der Waals surface area contributed by atoms with Gasteiger partial charge >= 0.3 is 0 Å². The maximum absolute atomic E-state index is 13.2. The quantitative estimate of drug-likeness (QED) is 0.673. The molecule has 0 saturated heterocycles. The topological polar surface area (TPSA) is 0 Å². The van der Waals surface area contributed by atoms with Gasteiger partial charge in [-0.05, 0) is 35.7 Å². The zero-order valence-electron chi connectivity index (χ0n) is 8.95. The maximum Gasteiger partial charge on any atom is 0.123 e. The van der Waals surface area contributed by atoms with Gasteiger partial charge in [0.15, 0.2) is 0 Å². The zero-order chi connectivity index (χ0) is 11.5. The van der Waals surface area contributed by atoms with Crippen molar-refractivity contribution in [1.82, 2.24) is 0 Å². The molecule has 0 aliphatic heterocycles. The van der Waals surface area contributed by atoms with Crippen LogP contribution in [0.1, 0.15) is 22.1 Å². The molecule has 82 valence electrons. The fourth-order valence-electron chi connectivity index (χ4n) is 1.69. The second kappa shape index (κ2) is 4.67. The van der Waals surface area contributed by atoms with E-state index in [1.807, 2.05) is 37.3 Å². The van der Waals surface area contributed by atoms with Gasteiger partial charge in [0, 0.05) is 0 Å². The van der Waals surface area contributed by atoms with Gasteiger partial charge in [-0.15, -0.1) is 11.6 Å². The summed E-state index contributed by atoms with van der Waals surface area (Å²) in [6.45, 7) is 1.94. The number of aryl methyl sites for hydroxylation is 1. The van der Waals surface area contributed by atoms with Crippen LogP contribution in [0.4, 0.5) is 4.39 Å². The molecule has 0 bridgehead atoms. The van der Waals surface area contributed by atoms with E-state index in [9.17, 15) is 4.39 Å². The number of alkyl halides is 1. The van der Waals surface area contributed by atoms with E-state index in [4.69, 9.17) is 11.6 Å². The van der Waals surface area contributed by atoms with Crippen molar-refractivity contribution in [2.75, 3.05) is 0 Å². The average molecular weight is 235 g/mol. The van der Waals surface area contributed by atoms with Gasteiger partial charge in [0.1, 0.15) is 5.82 Å². The van der Waals surface area contributed by atoms with E-state index in [1.165, 1.54) is 12.1 Å². The van der Waals surface area contributed by atoms with E-state index in [2.05, 4.69) is 0 Å². The lowest BCUT2D eigenvalue weighted by Gasteiger charge is -2.13. The van der Waals surface area contributed by atoms with Crippen molar-refractivity contribution in [2.24, 2.45) is 0 Å². The molecule has 0 radical (unpaired) electrons. The predicted octanol–water partition coefficient (Wildman–Crippen LogP) is 4.46. The minimum absolute atomic E-state index is 0.248. The fraction of sp³-hybridized carbons (Fsp3) is 0.143. The third kappa shape index (κ3) is 2.25. The lowest BCUT2D eigenvalue weighted by atomic mass is 10.00. The lowest BCUT2D eigenvalue weighted by Crippen LogP contribution is -1.96. The first kappa shape index (κ1) is 11.2. The molecule has 2 rings (SSSR count). The highest BCUT2D eigenvalue weighted by Crippen LogP contribution is 2.31. The summed E-state index contributed by atoms with van der Waals surface area (Å²) in [5.41, 5.74) is 2.82. The Labute approximate surface area is 99.7 Å². The summed E-state index contributed by atoms with van der Waals surface area (Å²) in [6.07, 6.45) is 0. The molecule has 0 heterocycles. The smallest absolute Gasteiger partial charge is 0.123 e. The number of rotatable bonds is 2. The summed E-state index contributed by atoms with van der Waals surface area (Å²) in [6, 6.07) is 14.4. The van der Waals surface area contributed by atoms with Crippen LogP contribution in [0.25, 0.3) is 0 Å². The maximum atomic E-state index is 13.2. The van der Waals surface area contributed by atoms with E-state index in [-0.39, 0.29) is 11.2 Å². The monoisotopic (exact) mass is 234 g/mol. The molecule has 2 aromatic rings. The van der Waals surface area contributed by atoms with E-state index in [0.29, 0.717) is 0 Å². The normalized spacial score (nSPS) is 12.4. The summed E-state index contributed by atoms with van der Waals surface area (Å²) in [4.78, 5) is 0. The van der Waals surface area contributed by atoms with Gasteiger partial charge in [-0.25, -0.2) is 4.39 Å². The molecular weight excluding hydrogens is 223 g/mol. The van der Waals surface area contributed by atoms with Crippen LogP contribution in [-0.4, -0.2) is 0 Å². The Morgan fingerprint density at radius 1 is 1.06 bits per heavy atom. The molecule has 0 spiro atoms. The molecule has 0 fully saturated rings. The summed E-state index contributed by atoms with van der Waals surface area (Å²) >= 11 is 6.34. The summed E-state index contributed by atoms with van der Waals surface area (Å²) in [5.74, 6) is -0.248. The number of hydrogen-bond donors (Lipinski definition) is 0. The van der Waals surface area contributed by atoms with Crippen molar-refractivity contribution in [3.8, 4) is 0 Å². The van der Waals surface area contributed by atoms with Gasteiger partial charge in [0.2, 0.25) is 0 Å². The SMILES string of the molecule is Cc1ccc(F)cc1C(Cl)c1ccccc1. The van der Waals surface area contributed by atoms with Crippen molar-refractivity contribution in [2.45, 2.75) is 12.3 Å². The highest BCUT2D eigenvalue weighted by atomic mass is 35.5. The highest BCUT2D eigenvalue weighted by molar-refractivity contribution is 6.22. The van der Waals surface area contributed by atoms with Crippen LogP contribution in [0.2, 0.25) is 0 Å². The Bertz CT molecular complexity index is 479. The van der Waals surface area contributed by atoms with Crippen molar-refractivity contribution in [3.05, 3.63) is 71.0 Å². The predicted molar refractivity (Wildman–Crippen MR) is 65.3 cm³/mol. The Morgan fingerprint density at radius 2 is 1.75 bits per heavy atom. The van der Waals surface area contributed by atoms with Gasteiger partial charge in [0.05, 0.1) is 5.38 Å². The van der Waals surface area contributed by atoms with Crippen LogP contribution >= 0.6 is 11.6 Å². The van der Waals surface area contributed by atoms with Crippen LogP contribution in [0.15, 0.2) is 48.5 Å². The van der Waals surface area contributed by atoms with Gasteiger partial charge in [-0.3, -0.25) is 0 Å². The molecule has 0 nitrogen and oxygen atoms in total. The van der Waals surface area contributed by atoms with Crippen LogP contribution in [0.5, 0.6) is 0 Å². The van der Waals surface area contributed by atoms with Crippen LogP contribution in [-0.2, 0) is 0 Å². The van der Waals surface area contributed by atoms with Crippen LogP contribution < -0.4 is 0 Å². The standard InChI is InChI=1S/C14H12ClF/c1-10-7-8-12(16)9-13(10)14(15)11-5-3-2-4-6-11/h2-9,14H,1H3. The van der Waals surface area contributed by atoms with Gasteiger partial charge in [0.25, 0.3) is 0 Å². The van der Waals surface area contributed by atoms with Crippen molar-refractivity contribution in [3.63, 3.8) is 0 Å². The third-order valence-corrected chi connectivity index (χ3v) is 3.09.